The highest BCUT2D eigenvalue weighted by Crippen LogP contribution is 2.38. The van der Waals surface area contributed by atoms with E-state index < -0.39 is 28.5 Å². The van der Waals surface area contributed by atoms with Gasteiger partial charge in [0.15, 0.2) is 5.69 Å². The number of amides is 1. The fourth-order valence-electron chi connectivity index (χ4n) is 4.11. The molecule has 2 aliphatic rings. The lowest BCUT2D eigenvalue weighted by atomic mass is 9.89. The van der Waals surface area contributed by atoms with Crippen LogP contribution in [0.2, 0.25) is 0 Å². The van der Waals surface area contributed by atoms with Crippen molar-refractivity contribution < 1.29 is 19.0 Å². The Morgan fingerprint density at radius 2 is 1.93 bits per heavy atom. The Morgan fingerprint density at radius 1 is 1.24 bits per heavy atom. The van der Waals surface area contributed by atoms with Crippen LogP contribution in [0.1, 0.15) is 41.1 Å². The number of nitrogens with zero attached hydrogens (tertiary/aromatic N) is 3. The van der Waals surface area contributed by atoms with Crippen molar-refractivity contribution in [2.75, 3.05) is 19.7 Å². The van der Waals surface area contributed by atoms with Gasteiger partial charge in [0.25, 0.3) is 11.5 Å². The average molecular weight is 402 g/mol. The fourth-order valence-corrected chi connectivity index (χ4v) is 4.11. The van der Waals surface area contributed by atoms with E-state index >= 15 is 0 Å². The predicted octanol–water partition coefficient (Wildman–Crippen LogP) is 1.10. The van der Waals surface area contributed by atoms with Crippen molar-refractivity contribution in [3.63, 3.8) is 0 Å². The number of carbonyl (C=O) groups excluding carboxylic acids is 1. The molecule has 0 aliphatic carbocycles. The van der Waals surface area contributed by atoms with Crippen molar-refractivity contribution in [2.24, 2.45) is 5.73 Å². The molecule has 0 radical (unpaired) electrons. The molecule has 29 heavy (non-hydrogen) atoms. The Kier molecular flexibility index (Phi) is 5.10. The van der Waals surface area contributed by atoms with Crippen LogP contribution in [0.3, 0.4) is 0 Å². The summed E-state index contributed by atoms with van der Waals surface area (Å²) in [5, 5.41) is 10.1. The van der Waals surface area contributed by atoms with Gasteiger partial charge < -0.3 is 15.6 Å². The van der Waals surface area contributed by atoms with E-state index in [1.165, 1.54) is 16.7 Å². The monoisotopic (exact) mass is 402 g/mol. The molecular weight excluding hydrogens is 379 g/mol. The van der Waals surface area contributed by atoms with Crippen molar-refractivity contribution in [2.45, 2.75) is 38.0 Å². The molecule has 1 amide bonds. The van der Waals surface area contributed by atoms with E-state index in [-0.39, 0.29) is 5.82 Å². The van der Waals surface area contributed by atoms with Crippen LogP contribution < -0.4 is 11.3 Å². The number of rotatable bonds is 3. The molecule has 0 unspecified atom stereocenters. The predicted molar refractivity (Wildman–Crippen MR) is 102 cm³/mol. The SMILES string of the molecule is NC(=O)c1nc2n(c(=O)c1O)CCCOC21CCN(Cc2ccc(F)cc2)CC1. The van der Waals surface area contributed by atoms with Gasteiger partial charge >= 0.3 is 0 Å². The maximum Gasteiger partial charge on any atom is 0.296 e. The second kappa shape index (κ2) is 7.57. The van der Waals surface area contributed by atoms with Crippen molar-refractivity contribution >= 4 is 5.91 Å². The van der Waals surface area contributed by atoms with E-state index in [9.17, 15) is 19.1 Å². The number of primary amides is 1. The zero-order valence-corrected chi connectivity index (χ0v) is 15.9. The number of likely N-dealkylation sites (tertiary alicyclic amines) is 1. The molecule has 0 saturated carbocycles. The summed E-state index contributed by atoms with van der Waals surface area (Å²) >= 11 is 0. The van der Waals surface area contributed by atoms with Gasteiger partial charge in [0.2, 0.25) is 5.75 Å². The number of ether oxygens (including phenoxy) is 1. The average Bonchev–Trinajstić information content (AvgIpc) is 2.88. The van der Waals surface area contributed by atoms with Crippen LogP contribution in [0.5, 0.6) is 5.75 Å². The third kappa shape index (κ3) is 3.63. The Bertz CT molecular complexity index is 981. The summed E-state index contributed by atoms with van der Waals surface area (Å²) < 4.78 is 20.7. The third-order valence-electron chi connectivity index (χ3n) is 5.67. The molecule has 2 aromatic rings. The molecule has 0 bridgehead atoms. The van der Waals surface area contributed by atoms with Crippen molar-refractivity contribution in [1.29, 1.82) is 0 Å². The molecule has 1 aromatic heterocycles. The second-order valence-corrected chi connectivity index (χ2v) is 7.55. The van der Waals surface area contributed by atoms with E-state index in [0.29, 0.717) is 57.9 Å². The molecular formula is C20H23FN4O4. The normalized spacial score (nSPS) is 18.9. The summed E-state index contributed by atoms with van der Waals surface area (Å²) in [7, 11) is 0. The van der Waals surface area contributed by atoms with Crippen molar-refractivity contribution in [3.05, 3.63) is 57.5 Å². The largest absolute Gasteiger partial charge is 0.501 e. The Balaban J connectivity index is 1.62. The Hall–Kier alpha value is -2.78. The van der Waals surface area contributed by atoms with Gasteiger partial charge in [-0.1, -0.05) is 12.1 Å². The zero-order chi connectivity index (χ0) is 20.6. The number of carbonyl (C=O) groups is 1. The quantitative estimate of drug-likeness (QED) is 0.795. The van der Waals surface area contributed by atoms with E-state index in [2.05, 4.69) is 9.88 Å². The van der Waals surface area contributed by atoms with Crippen molar-refractivity contribution in [1.82, 2.24) is 14.5 Å². The van der Waals surface area contributed by atoms with E-state index in [1.54, 1.807) is 12.1 Å². The number of aromatic hydroxyl groups is 1. The topological polar surface area (TPSA) is 111 Å². The van der Waals surface area contributed by atoms with Gasteiger partial charge in [-0.15, -0.1) is 0 Å². The van der Waals surface area contributed by atoms with Crippen molar-refractivity contribution in [3.8, 4) is 5.75 Å². The summed E-state index contributed by atoms with van der Waals surface area (Å²) in [5.41, 5.74) is 4.43. The van der Waals surface area contributed by atoms with Gasteiger partial charge in [-0.2, -0.15) is 0 Å². The lowest BCUT2D eigenvalue weighted by Crippen LogP contribution is -2.46. The minimum atomic E-state index is -0.948. The molecule has 2 aliphatic heterocycles. The molecule has 9 heteroatoms. The number of hydrogen-bond donors (Lipinski definition) is 2. The van der Waals surface area contributed by atoms with Gasteiger partial charge in [0.1, 0.15) is 17.2 Å². The smallest absolute Gasteiger partial charge is 0.296 e. The fraction of sp³-hybridized carbons (Fsp3) is 0.450. The highest BCUT2D eigenvalue weighted by atomic mass is 19.1. The number of fused-ring (bicyclic) bond motifs is 2. The first-order chi connectivity index (χ1) is 13.9. The van der Waals surface area contributed by atoms with Gasteiger partial charge in [-0.3, -0.25) is 19.1 Å². The van der Waals surface area contributed by atoms with Crippen LogP contribution in [-0.4, -0.2) is 45.2 Å². The number of piperidine rings is 1. The summed E-state index contributed by atoms with van der Waals surface area (Å²) in [6.45, 7) is 2.85. The first-order valence-electron chi connectivity index (χ1n) is 9.64. The summed E-state index contributed by atoms with van der Waals surface area (Å²) in [5.74, 6) is -1.57. The van der Waals surface area contributed by atoms with Crippen LogP contribution in [0, 0.1) is 5.82 Å². The van der Waals surface area contributed by atoms with Gasteiger partial charge in [-0.25, -0.2) is 9.37 Å². The number of benzene rings is 1. The van der Waals surface area contributed by atoms with Crippen LogP contribution in [-0.2, 0) is 23.4 Å². The standard InChI is InChI=1S/C20H23FN4O4/c21-14-4-2-13(3-5-14)12-24-9-6-20(7-10-24)19-23-15(17(22)27)16(26)18(28)25(19)8-1-11-29-20/h2-5,26H,1,6-12H2,(H2,22,27). The zero-order valence-electron chi connectivity index (χ0n) is 15.9. The Morgan fingerprint density at radius 3 is 2.59 bits per heavy atom. The molecule has 3 heterocycles. The summed E-state index contributed by atoms with van der Waals surface area (Å²) in [4.78, 5) is 30.8. The van der Waals surface area contributed by atoms with Gasteiger partial charge in [-0.05, 0) is 37.0 Å². The summed E-state index contributed by atoms with van der Waals surface area (Å²) in [6.07, 6.45) is 1.75. The van der Waals surface area contributed by atoms with Crippen LogP contribution >= 0.6 is 0 Å². The molecule has 1 aromatic carbocycles. The number of nitrogens with two attached hydrogens (primary N) is 1. The lowest BCUT2D eigenvalue weighted by Gasteiger charge is -2.41. The maximum atomic E-state index is 13.1. The lowest BCUT2D eigenvalue weighted by molar-refractivity contribution is -0.0928. The summed E-state index contributed by atoms with van der Waals surface area (Å²) in [6, 6.07) is 6.42. The minimum Gasteiger partial charge on any atom is -0.501 e. The van der Waals surface area contributed by atoms with Crippen LogP contribution in [0.25, 0.3) is 0 Å². The van der Waals surface area contributed by atoms with E-state index in [4.69, 9.17) is 10.5 Å². The first-order valence-corrected chi connectivity index (χ1v) is 9.64. The molecule has 1 spiro atoms. The molecule has 1 saturated heterocycles. The minimum absolute atomic E-state index is 0.264. The Labute approximate surface area is 166 Å². The molecule has 3 N–H and O–H groups in total. The molecule has 1 fully saturated rings. The van der Waals surface area contributed by atoms with Gasteiger partial charge in [0.05, 0.1) is 0 Å². The van der Waals surface area contributed by atoms with Crippen LogP contribution in [0.4, 0.5) is 4.39 Å². The number of aromatic nitrogens is 2. The maximum absolute atomic E-state index is 13.1. The van der Waals surface area contributed by atoms with Gasteiger partial charge in [0, 0.05) is 32.8 Å². The molecule has 8 nitrogen and oxygen atoms in total. The van der Waals surface area contributed by atoms with Crippen LogP contribution in [0.15, 0.2) is 29.1 Å². The molecule has 0 atom stereocenters. The van der Waals surface area contributed by atoms with E-state index in [0.717, 1.165) is 5.56 Å². The second-order valence-electron chi connectivity index (χ2n) is 7.55. The molecule has 4 rings (SSSR count). The number of halogens is 1. The van der Waals surface area contributed by atoms with E-state index in [1.807, 2.05) is 0 Å². The first kappa shape index (κ1) is 19.5. The highest BCUT2D eigenvalue weighted by molar-refractivity contribution is 5.93. The third-order valence-corrected chi connectivity index (χ3v) is 5.67. The highest BCUT2D eigenvalue weighted by Gasteiger charge is 2.43. The molecule has 154 valence electrons. The number of hydrogen-bond acceptors (Lipinski definition) is 6.